The number of hydrogen-bond acceptors (Lipinski definition) is 3. The third-order valence-electron chi connectivity index (χ3n) is 4.80. The van der Waals surface area contributed by atoms with Crippen molar-refractivity contribution < 1.29 is 18.3 Å². The van der Waals surface area contributed by atoms with Crippen LogP contribution in [0.2, 0.25) is 0 Å². The lowest BCUT2D eigenvalue weighted by molar-refractivity contribution is -0.132. The molecule has 0 saturated carbocycles. The first kappa shape index (κ1) is 17.4. The molecule has 2 aromatic rings. The van der Waals surface area contributed by atoms with Gasteiger partial charge in [-0.1, -0.05) is 0 Å². The number of aromatic amines is 1. The second-order valence-corrected chi connectivity index (χ2v) is 6.35. The first-order valence-electron chi connectivity index (χ1n) is 8.20. The molecule has 0 spiro atoms. The van der Waals surface area contributed by atoms with E-state index >= 15 is 0 Å². The molecule has 3 rings (SSSR count). The molecular formula is C18H19F2N3O2. The maximum absolute atomic E-state index is 13.8. The van der Waals surface area contributed by atoms with Gasteiger partial charge in [0.2, 0.25) is 5.91 Å². The third kappa shape index (κ3) is 3.22. The molecular weight excluding hydrogens is 328 g/mol. The minimum absolute atomic E-state index is 0.262. The van der Waals surface area contributed by atoms with Gasteiger partial charge < -0.3 is 15.0 Å². The van der Waals surface area contributed by atoms with E-state index in [1.165, 1.54) is 6.07 Å². The molecule has 1 aromatic carbocycles. The van der Waals surface area contributed by atoms with E-state index in [0.29, 0.717) is 37.9 Å². The Hall–Kier alpha value is -2.46. The van der Waals surface area contributed by atoms with Crippen molar-refractivity contribution in [3.8, 4) is 6.07 Å². The van der Waals surface area contributed by atoms with Gasteiger partial charge in [-0.25, -0.2) is 8.78 Å². The zero-order valence-corrected chi connectivity index (χ0v) is 13.9. The monoisotopic (exact) mass is 347 g/mol. The number of H-pyrrole nitrogens is 1. The molecule has 0 aliphatic carbocycles. The first-order valence-corrected chi connectivity index (χ1v) is 8.20. The van der Waals surface area contributed by atoms with Crippen LogP contribution < -0.4 is 5.32 Å². The van der Waals surface area contributed by atoms with Crippen LogP contribution in [0, 0.1) is 35.3 Å². The SMILES string of the molecule is Cc1[nH]c2c(F)cc(F)cc2c1CCNC(=O)C1(C#N)CCOCC1. The van der Waals surface area contributed by atoms with Crippen LogP contribution in [-0.2, 0) is 16.0 Å². The maximum atomic E-state index is 13.8. The fourth-order valence-corrected chi connectivity index (χ4v) is 3.31. The number of halogens is 2. The number of fused-ring (bicyclic) bond motifs is 1. The number of nitriles is 1. The van der Waals surface area contributed by atoms with Gasteiger partial charge in [0, 0.05) is 36.9 Å². The molecule has 0 radical (unpaired) electrons. The molecule has 1 fully saturated rings. The van der Waals surface area contributed by atoms with Gasteiger partial charge in [-0.05, 0) is 37.8 Å². The van der Waals surface area contributed by atoms with E-state index in [1.807, 2.05) is 0 Å². The number of amides is 1. The number of rotatable bonds is 4. The Balaban J connectivity index is 1.72. The van der Waals surface area contributed by atoms with Crippen LogP contribution in [0.4, 0.5) is 8.78 Å². The van der Waals surface area contributed by atoms with Crippen LogP contribution in [0.25, 0.3) is 10.9 Å². The summed E-state index contributed by atoms with van der Waals surface area (Å²) in [6, 6.07) is 4.24. The van der Waals surface area contributed by atoms with Crippen molar-refractivity contribution in [3.05, 3.63) is 35.0 Å². The average molecular weight is 347 g/mol. The number of nitrogens with zero attached hydrogens (tertiary/aromatic N) is 1. The number of aryl methyl sites for hydroxylation is 1. The van der Waals surface area contributed by atoms with Crippen molar-refractivity contribution in [2.45, 2.75) is 26.2 Å². The van der Waals surface area contributed by atoms with Crippen LogP contribution in [0.5, 0.6) is 0 Å². The van der Waals surface area contributed by atoms with Gasteiger partial charge in [0.25, 0.3) is 0 Å². The van der Waals surface area contributed by atoms with E-state index in [9.17, 15) is 18.8 Å². The van der Waals surface area contributed by atoms with Gasteiger partial charge in [-0.15, -0.1) is 0 Å². The van der Waals surface area contributed by atoms with E-state index < -0.39 is 17.0 Å². The zero-order chi connectivity index (χ0) is 18.0. The van der Waals surface area contributed by atoms with Crippen LogP contribution in [0.3, 0.4) is 0 Å². The normalized spacial score (nSPS) is 16.6. The van der Waals surface area contributed by atoms with Gasteiger partial charge in [0.15, 0.2) is 0 Å². The van der Waals surface area contributed by atoms with Crippen molar-refractivity contribution in [2.75, 3.05) is 19.8 Å². The van der Waals surface area contributed by atoms with Gasteiger partial charge in [-0.2, -0.15) is 5.26 Å². The molecule has 0 unspecified atom stereocenters. The third-order valence-corrected chi connectivity index (χ3v) is 4.80. The Morgan fingerprint density at radius 1 is 1.40 bits per heavy atom. The highest BCUT2D eigenvalue weighted by Gasteiger charge is 2.40. The summed E-state index contributed by atoms with van der Waals surface area (Å²) in [6.45, 7) is 2.85. The smallest absolute Gasteiger partial charge is 0.240 e. The lowest BCUT2D eigenvalue weighted by Gasteiger charge is -2.29. The van der Waals surface area contributed by atoms with Crippen molar-refractivity contribution in [3.63, 3.8) is 0 Å². The highest BCUT2D eigenvalue weighted by atomic mass is 19.1. The Morgan fingerprint density at radius 2 is 2.12 bits per heavy atom. The fourth-order valence-electron chi connectivity index (χ4n) is 3.31. The van der Waals surface area contributed by atoms with Crippen LogP contribution in [-0.4, -0.2) is 30.6 Å². The summed E-state index contributed by atoms with van der Waals surface area (Å²) in [5, 5.41) is 12.6. The van der Waals surface area contributed by atoms with Gasteiger partial charge in [-0.3, -0.25) is 4.79 Å². The van der Waals surface area contributed by atoms with E-state index in [1.54, 1.807) is 6.92 Å². The predicted octanol–water partition coefficient (Wildman–Crippen LogP) is 2.73. The highest BCUT2D eigenvalue weighted by Crippen LogP contribution is 2.30. The molecule has 0 bridgehead atoms. The molecule has 1 aromatic heterocycles. The minimum atomic E-state index is -1.05. The van der Waals surface area contributed by atoms with Crippen molar-refractivity contribution in [1.29, 1.82) is 5.26 Å². The molecule has 0 atom stereocenters. The second kappa shape index (κ2) is 6.81. The van der Waals surface area contributed by atoms with Crippen molar-refractivity contribution in [1.82, 2.24) is 10.3 Å². The molecule has 2 N–H and O–H groups in total. The number of carbonyl (C=O) groups excluding carboxylic acids is 1. The van der Waals surface area contributed by atoms with E-state index in [2.05, 4.69) is 16.4 Å². The zero-order valence-electron chi connectivity index (χ0n) is 13.9. The van der Waals surface area contributed by atoms with Crippen molar-refractivity contribution >= 4 is 16.8 Å². The Labute approximate surface area is 144 Å². The number of nitrogens with one attached hydrogen (secondary N) is 2. The Kier molecular flexibility index (Phi) is 4.73. The van der Waals surface area contributed by atoms with Gasteiger partial charge in [0.1, 0.15) is 17.0 Å². The summed E-state index contributed by atoms with van der Waals surface area (Å²) >= 11 is 0. The fraction of sp³-hybridized carbons (Fsp3) is 0.444. The molecule has 25 heavy (non-hydrogen) atoms. The predicted molar refractivity (Wildman–Crippen MR) is 87.8 cm³/mol. The summed E-state index contributed by atoms with van der Waals surface area (Å²) in [7, 11) is 0. The number of carbonyl (C=O) groups is 1. The number of aromatic nitrogens is 1. The maximum Gasteiger partial charge on any atom is 0.240 e. The lowest BCUT2D eigenvalue weighted by Crippen LogP contribution is -2.44. The summed E-state index contributed by atoms with van der Waals surface area (Å²) in [6.07, 6.45) is 1.16. The molecule has 1 aliphatic rings. The van der Waals surface area contributed by atoms with Crippen LogP contribution in [0.15, 0.2) is 12.1 Å². The summed E-state index contributed by atoms with van der Waals surface area (Å²) in [4.78, 5) is 15.3. The molecule has 5 nitrogen and oxygen atoms in total. The Morgan fingerprint density at radius 3 is 2.80 bits per heavy atom. The quantitative estimate of drug-likeness (QED) is 0.893. The van der Waals surface area contributed by atoms with Crippen molar-refractivity contribution in [2.24, 2.45) is 5.41 Å². The average Bonchev–Trinajstić information content (AvgIpc) is 2.92. The van der Waals surface area contributed by atoms with Gasteiger partial charge in [0.05, 0.1) is 11.6 Å². The molecule has 1 amide bonds. The molecule has 132 valence electrons. The minimum Gasteiger partial charge on any atom is -0.381 e. The second-order valence-electron chi connectivity index (χ2n) is 6.35. The topological polar surface area (TPSA) is 77.9 Å². The molecule has 1 saturated heterocycles. The largest absolute Gasteiger partial charge is 0.381 e. The first-order chi connectivity index (χ1) is 12.0. The molecule has 1 aliphatic heterocycles. The Bertz CT molecular complexity index is 848. The van der Waals surface area contributed by atoms with Gasteiger partial charge >= 0.3 is 0 Å². The highest BCUT2D eigenvalue weighted by molar-refractivity contribution is 5.86. The summed E-state index contributed by atoms with van der Waals surface area (Å²) in [5.41, 5.74) is 0.700. The number of ether oxygens (including phenoxy) is 1. The van der Waals surface area contributed by atoms with E-state index in [0.717, 1.165) is 17.3 Å². The number of benzene rings is 1. The lowest BCUT2D eigenvalue weighted by atomic mass is 9.81. The summed E-state index contributed by atoms with van der Waals surface area (Å²) in [5.74, 6) is -1.59. The van der Waals surface area contributed by atoms with E-state index in [4.69, 9.17) is 4.74 Å². The van der Waals surface area contributed by atoms with Crippen LogP contribution in [0.1, 0.15) is 24.1 Å². The summed E-state index contributed by atoms with van der Waals surface area (Å²) < 4.78 is 32.6. The van der Waals surface area contributed by atoms with E-state index in [-0.39, 0.29) is 18.0 Å². The number of hydrogen-bond donors (Lipinski definition) is 2. The molecule has 2 heterocycles. The standard InChI is InChI=1S/C18H19F2N3O2/c1-11-13(14-8-12(19)9-15(20)16(14)23-11)2-5-22-17(24)18(10-21)3-6-25-7-4-18/h8-9,23H,2-7H2,1H3,(H,22,24). The van der Waals surface area contributed by atoms with Crippen LogP contribution >= 0.6 is 0 Å². The molecule has 7 heteroatoms.